The minimum Gasteiger partial charge on any atom is -0.339 e. The lowest BCUT2D eigenvalue weighted by molar-refractivity contribution is 0.322. The first-order valence-corrected chi connectivity index (χ1v) is 6.34. The Labute approximate surface area is 113 Å². The van der Waals surface area contributed by atoms with Crippen LogP contribution in [0.15, 0.2) is 16.7 Å². The van der Waals surface area contributed by atoms with Gasteiger partial charge in [-0.2, -0.15) is 4.98 Å². The van der Waals surface area contributed by atoms with Crippen molar-refractivity contribution in [2.24, 2.45) is 0 Å². The largest absolute Gasteiger partial charge is 0.339 e. The zero-order valence-corrected chi connectivity index (χ0v) is 10.5. The fourth-order valence-corrected chi connectivity index (χ4v) is 2.27. The molecule has 2 aromatic rings. The second kappa shape index (κ2) is 5.24. The maximum atomic E-state index is 13.2. The van der Waals surface area contributed by atoms with E-state index in [1.807, 2.05) is 0 Å². The van der Waals surface area contributed by atoms with Crippen molar-refractivity contribution in [1.29, 1.82) is 0 Å². The van der Waals surface area contributed by atoms with Gasteiger partial charge in [0.2, 0.25) is 11.7 Å². The molecule has 4 nitrogen and oxygen atoms in total. The van der Waals surface area contributed by atoms with Gasteiger partial charge in [0.1, 0.15) is 0 Å². The summed E-state index contributed by atoms with van der Waals surface area (Å²) in [4.78, 5) is 4.14. The molecule has 1 N–H and O–H groups in total. The van der Waals surface area contributed by atoms with Crippen LogP contribution in [-0.4, -0.2) is 23.2 Å². The van der Waals surface area contributed by atoms with E-state index in [9.17, 15) is 13.2 Å². The van der Waals surface area contributed by atoms with E-state index < -0.39 is 17.5 Å². The molecule has 0 bridgehead atoms. The highest BCUT2D eigenvalue weighted by Gasteiger charge is 2.22. The number of nitrogens with one attached hydrogen (secondary N) is 1. The van der Waals surface area contributed by atoms with Gasteiger partial charge in [-0.05, 0) is 31.5 Å². The van der Waals surface area contributed by atoms with Crippen LogP contribution in [0.25, 0.3) is 11.4 Å². The number of piperidine rings is 1. The topological polar surface area (TPSA) is 51.0 Å². The fourth-order valence-electron chi connectivity index (χ4n) is 2.27. The van der Waals surface area contributed by atoms with E-state index in [4.69, 9.17) is 4.52 Å². The minimum atomic E-state index is -1.51. The molecular formula is C13H12F3N3O. The molecule has 20 heavy (non-hydrogen) atoms. The first-order chi connectivity index (χ1) is 9.65. The van der Waals surface area contributed by atoms with E-state index in [0.29, 0.717) is 5.89 Å². The third-order valence-electron chi connectivity index (χ3n) is 3.33. The minimum absolute atomic E-state index is 0.0557. The summed E-state index contributed by atoms with van der Waals surface area (Å²) in [5.74, 6) is -3.47. The summed E-state index contributed by atoms with van der Waals surface area (Å²) in [6.07, 6.45) is 1.92. The van der Waals surface area contributed by atoms with Crippen molar-refractivity contribution in [3.05, 3.63) is 35.5 Å². The summed E-state index contributed by atoms with van der Waals surface area (Å²) >= 11 is 0. The van der Waals surface area contributed by atoms with Crippen LogP contribution in [0.3, 0.4) is 0 Å². The number of hydrogen-bond donors (Lipinski definition) is 1. The number of benzene rings is 1. The molecule has 1 aliphatic heterocycles. The predicted molar refractivity (Wildman–Crippen MR) is 64.5 cm³/mol. The summed E-state index contributed by atoms with van der Waals surface area (Å²) in [5.41, 5.74) is 0.0557. The summed E-state index contributed by atoms with van der Waals surface area (Å²) in [6.45, 7) is 1.68. The number of halogens is 3. The molecule has 106 valence electrons. The second-order valence-electron chi connectivity index (χ2n) is 4.75. The first kappa shape index (κ1) is 13.1. The van der Waals surface area contributed by atoms with Crippen LogP contribution in [-0.2, 0) is 0 Å². The van der Waals surface area contributed by atoms with E-state index >= 15 is 0 Å². The highest BCUT2D eigenvalue weighted by atomic mass is 19.2. The summed E-state index contributed by atoms with van der Waals surface area (Å²) < 4.78 is 44.4. The smallest absolute Gasteiger partial charge is 0.231 e. The summed E-state index contributed by atoms with van der Waals surface area (Å²) in [7, 11) is 0. The quantitative estimate of drug-likeness (QED) is 0.861. The molecule has 0 unspecified atom stereocenters. The molecule has 3 rings (SSSR count). The fraction of sp³-hybridized carbons (Fsp3) is 0.385. The van der Waals surface area contributed by atoms with Crippen LogP contribution in [0.1, 0.15) is 24.7 Å². The lowest BCUT2D eigenvalue weighted by Crippen LogP contribution is -2.28. The van der Waals surface area contributed by atoms with Gasteiger partial charge in [-0.25, -0.2) is 13.2 Å². The van der Waals surface area contributed by atoms with E-state index in [-0.39, 0.29) is 17.3 Å². The van der Waals surface area contributed by atoms with Crippen molar-refractivity contribution in [2.45, 2.75) is 18.8 Å². The average molecular weight is 283 g/mol. The SMILES string of the molecule is Fc1cc(-c2noc([C@H]3CCCNC3)n2)cc(F)c1F. The highest BCUT2D eigenvalue weighted by molar-refractivity contribution is 5.54. The van der Waals surface area contributed by atoms with Gasteiger partial charge in [-0.3, -0.25) is 0 Å². The van der Waals surface area contributed by atoms with E-state index in [2.05, 4.69) is 15.5 Å². The Hall–Kier alpha value is -1.89. The monoisotopic (exact) mass is 283 g/mol. The maximum Gasteiger partial charge on any atom is 0.231 e. The van der Waals surface area contributed by atoms with E-state index in [1.54, 1.807) is 0 Å². The van der Waals surface area contributed by atoms with Crippen molar-refractivity contribution in [2.75, 3.05) is 13.1 Å². The third kappa shape index (κ3) is 2.40. The molecule has 0 saturated carbocycles. The molecule has 1 atom stereocenters. The Morgan fingerprint density at radius 1 is 1.20 bits per heavy atom. The molecule has 7 heteroatoms. The second-order valence-corrected chi connectivity index (χ2v) is 4.75. The molecule has 1 saturated heterocycles. The van der Waals surface area contributed by atoms with E-state index in [0.717, 1.165) is 38.1 Å². The normalized spacial score (nSPS) is 19.2. The van der Waals surface area contributed by atoms with Crippen LogP contribution in [0.4, 0.5) is 13.2 Å². The van der Waals surface area contributed by atoms with Crippen molar-refractivity contribution >= 4 is 0 Å². The van der Waals surface area contributed by atoms with Crippen LogP contribution in [0, 0.1) is 17.5 Å². The molecule has 1 fully saturated rings. The molecule has 0 aliphatic carbocycles. The van der Waals surface area contributed by atoms with Gasteiger partial charge in [0.15, 0.2) is 17.5 Å². The first-order valence-electron chi connectivity index (χ1n) is 6.34. The van der Waals surface area contributed by atoms with Gasteiger partial charge in [0.25, 0.3) is 0 Å². The predicted octanol–water partition coefficient (Wildman–Crippen LogP) is 2.62. The molecule has 1 aromatic carbocycles. The summed E-state index contributed by atoms with van der Waals surface area (Å²) in [6, 6.07) is 1.71. The van der Waals surface area contributed by atoms with Gasteiger partial charge in [-0.15, -0.1) is 0 Å². The lowest BCUT2D eigenvalue weighted by atomic mass is 10.00. The number of rotatable bonds is 2. The molecule has 2 heterocycles. The van der Waals surface area contributed by atoms with Crippen molar-refractivity contribution in [3.63, 3.8) is 0 Å². The van der Waals surface area contributed by atoms with Crippen molar-refractivity contribution in [3.8, 4) is 11.4 Å². The highest BCUT2D eigenvalue weighted by Crippen LogP contribution is 2.26. The Bertz CT molecular complexity index is 600. The third-order valence-corrected chi connectivity index (χ3v) is 3.33. The van der Waals surface area contributed by atoms with Gasteiger partial charge in [0, 0.05) is 12.1 Å². The Kier molecular flexibility index (Phi) is 3.43. The van der Waals surface area contributed by atoms with Crippen LogP contribution in [0.5, 0.6) is 0 Å². The molecule has 1 aromatic heterocycles. The van der Waals surface area contributed by atoms with Gasteiger partial charge in [-0.1, -0.05) is 5.16 Å². The van der Waals surface area contributed by atoms with Crippen LogP contribution < -0.4 is 5.32 Å². The van der Waals surface area contributed by atoms with Crippen molar-refractivity contribution in [1.82, 2.24) is 15.5 Å². The van der Waals surface area contributed by atoms with Gasteiger partial charge < -0.3 is 9.84 Å². The van der Waals surface area contributed by atoms with Crippen molar-refractivity contribution < 1.29 is 17.7 Å². The molecule has 0 spiro atoms. The number of nitrogens with zero attached hydrogens (tertiary/aromatic N) is 2. The Balaban J connectivity index is 1.89. The van der Waals surface area contributed by atoms with E-state index in [1.165, 1.54) is 0 Å². The van der Waals surface area contributed by atoms with Gasteiger partial charge in [0.05, 0.1) is 5.92 Å². The molecule has 0 amide bonds. The standard InChI is InChI=1S/C13H12F3N3O/c14-9-4-8(5-10(15)11(9)16)12-18-13(20-19-12)7-2-1-3-17-6-7/h4-5,7,17H,1-3,6H2/t7-/m0/s1. The molecular weight excluding hydrogens is 271 g/mol. The number of aromatic nitrogens is 2. The average Bonchev–Trinajstić information content (AvgIpc) is 2.95. The Morgan fingerprint density at radius 3 is 2.60 bits per heavy atom. The zero-order valence-electron chi connectivity index (χ0n) is 10.5. The van der Waals surface area contributed by atoms with Crippen LogP contribution in [0.2, 0.25) is 0 Å². The summed E-state index contributed by atoms with van der Waals surface area (Å²) in [5, 5.41) is 6.91. The Morgan fingerprint density at radius 2 is 1.95 bits per heavy atom. The number of hydrogen-bond acceptors (Lipinski definition) is 4. The lowest BCUT2D eigenvalue weighted by Gasteiger charge is -2.18. The zero-order chi connectivity index (χ0) is 14.1. The molecule has 1 aliphatic rings. The van der Waals surface area contributed by atoms with Crippen LogP contribution >= 0.6 is 0 Å². The van der Waals surface area contributed by atoms with Gasteiger partial charge >= 0.3 is 0 Å². The molecule has 0 radical (unpaired) electrons. The maximum absolute atomic E-state index is 13.2.